The molecule has 0 aliphatic carbocycles. The maximum atomic E-state index is 6.39. The van der Waals surface area contributed by atoms with E-state index in [0.717, 1.165) is 26.2 Å². The fourth-order valence-electron chi connectivity index (χ4n) is 2.08. The minimum Gasteiger partial charge on any atom is -0.383 e. The van der Waals surface area contributed by atoms with Crippen molar-refractivity contribution in [1.82, 2.24) is 9.78 Å². The maximum absolute atomic E-state index is 6.39. The first-order chi connectivity index (χ1) is 9.59. The zero-order valence-electron chi connectivity index (χ0n) is 10.6. The first kappa shape index (κ1) is 13.7. The second kappa shape index (κ2) is 5.24. The van der Waals surface area contributed by atoms with Gasteiger partial charge in [0.2, 0.25) is 0 Å². The lowest BCUT2D eigenvalue weighted by Gasteiger charge is -2.05. The van der Waals surface area contributed by atoms with Gasteiger partial charge in [-0.1, -0.05) is 29.8 Å². The van der Waals surface area contributed by atoms with E-state index in [9.17, 15) is 0 Å². The zero-order valence-corrected chi connectivity index (χ0v) is 13.8. The van der Waals surface area contributed by atoms with Crippen molar-refractivity contribution in [3.8, 4) is 21.7 Å². The molecule has 3 nitrogen and oxygen atoms in total. The van der Waals surface area contributed by atoms with Gasteiger partial charge in [0.25, 0.3) is 0 Å². The number of hydrogen-bond donors (Lipinski definition) is 1. The molecule has 20 heavy (non-hydrogen) atoms. The van der Waals surface area contributed by atoms with Crippen LogP contribution in [-0.4, -0.2) is 9.78 Å². The number of anilines is 1. The molecule has 0 unspecified atom stereocenters. The average Bonchev–Trinajstić information content (AvgIpc) is 3.03. The Balaban J connectivity index is 2.30. The molecule has 0 spiro atoms. The smallest absolute Gasteiger partial charge is 0.130 e. The number of halogens is 2. The van der Waals surface area contributed by atoms with Crippen LogP contribution in [0, 0.1) is 0 Å². The molecule has 102 valence electrons. The monoisotopic (exact) mass is 367 g/mol. The normalized spacial score (nSPS) is 10.9. The van der Waals surface area contributed by atoms with Crippen molar-refractivity contribution >= 4 is 44.7 Å². The SMILES string of the molecule is Cn1nc(-c2cccc(Br)c2Cl)c(-c2cccs2)c1N. The van der Waals surface area contributed by atoms with E-state index in [2.05, 4.69) is 21.0 Å². The van der Waals surface area contributed by atoms with Gasteiger partial charge in [-0.25, -0.2) is 0 Å². The number of nitrogens with zero attached hydrogens (tertiary/aromatic N) is 2. The van der Waals surface area contributed by atoms with Crippen LogP contribution in [-0.2, 0) is 7.05 Å². The summed E-state index contributed by atoms with van der Waals surface area (Å²) < 4.78 is 2.53. The largest absolute Gasteiger partial charge is 0.383 e. The van der Waals surface area contributed by atoms with Crippen LogP contribution in [0.3, 0.4) is 0 Å². The molecule has 2 aromatic heterocycles. The minimum absolute atomic E-state index is 0.637. The minimum atomic E-state index is 0.637. The summed E-state index contributed by atoms with van der Waals surface area (Å²) in [5, 5.41) is 7.20. The molecule has 0 amide bonds. The third-order valence-electron chi connectivity index (χ3n) is 3.07. The van der Waals surface area contributed by atoms with Gasteiger partial charge >= 0.3 is 0 Å². The van der Waals surface area contributed by atoms with Crippen LogP contribution in [0.4, 0.5) is 5.82 Å². The quantitative estimate of drug-likeness (QED) is 0.705. The summed E-state index contributed by atoms with van der Waals surface area (Å²) in [6.07, 6.45) is 0. The molecule has 3 aromatic rings. The molecule has 2 N–H and O–H groups in total. The van der Waals surface area contributed by atoms with E-state index in [4.69, 9.17) is 17.3 Å². The highest BCUT2D eigenvalue weighted by Crippen LogP contribution is 2.42. The number of rotatable bonds is 2. The first-order valence-electron chi connectivity index (χ1n) is 5.90. The molecule has 0 fully saturated rings. The Morgan fingerprint density at radius 1 is 1.30 bits per heavy atom. The summed E-state index contributed by atoms with van der Waals surface area (Å²) >= 11 is 11.5. The summed E-state index contributed by atoms with van der Waals surface area (Å²) in [5.41, 5.74) is 8.78. The Hall–Kier alpha value is -1.30. The Bertz CT molecular complexity index is 765. The van der Waals surface area contributed by atoms with E-state index in [1.165, 1.54) is 0 Å². The van der Waals surface area contributed by atoms with E-state index < -0.39 is 0 Å². The van der Waals surface area contributed by atoms with E-state index >= 15 is 0 Å². The van der Waals surface area contributed by atoms with Crippen LogP contribution in [0.5, 0.6) is 0 Å². The molecule has 0 radical (unpaired) electrons. The fourth-order valence-corrected chi connectivity index (χ4v) is 3.44. The highest BCUT2D eigenvalue weighted by Gasteiger charge is 2.20. The third-order valence-corrected chi connectivity index (χ3v) is 5.25. The van der Waals surface area contributed by atoms with Crippen molar-refractivity contribution < 1.29 is 0 Å². The zero-order chi connectivity index (χ0) is 14.3. The van der Waals surface area contributed by atoms with Crippen LogP contribution >= 0.6 is 38.9 Å². The van der Waals surface area contributed by atoms with Crippen LogP contribution in [0.2, 0.25) is 5.02 Å². The predicted molar refractivity (Wildman–Crippen MR) is 89.1 cm³/mol. The number of benzene rings is 1. The number of nitrogens with two attached hydrogens (primary N) is 1. The van der Waals surface area contributed by atoms with Crippen molar-refractivity contribution in [3.63, 3.8) is 0 Å². The third kappa shape index (κ3) is 2.16. The standard InChI is InChI=1S/C14H11BrClN3S/c1-19-14(17)11(10-6-3-7-20-10)13(18-19)8-4-2-5-9(15)12(8)16/h2-7H,17H2,1H3. The number of aryl methyl sites for hydroxylation is 1. The van der Waals surface area contributed by atoms with Gasteiger partial charge in [-0.15, -0.1) is 11.3 Å². The van der Waals surface area contributed by atoms with Gasteiger partial charge < -0.3 is 5.73 Å². The van der Waals surface area contributed by atoms with Gasteiger partial charge in [-0.2, -0.15) is 5.10 Å². The second-order valence-electron chi connectivity index (χ2n) is 4.31. The lowest BCUT2D eigenvalue weighted by molar-refractivity contribution is 0.782. The molecule has 0 saturated heterocycles. The van der Waals surface area contributed by atoms with Gasteiger partial charge in [0.15, 0.2) is 0 Å². The van der Waals surface area contributed by atoms with E-state index in [1.54, 1.807) is 16.0 Å². The molecule has 0 aliphatic rings. The summed E-state index contributed by atoms with van der Waals surface area (Å²) in [7, 11) is 1.84. The summed E-state index contributed by atoms with van der Waals surface area (Å²) in [5.74, 6) is 0.637. The van der Waals surface area contributed by atoms with Crippen molar-refractivity contribution in [1.29, 1.82) is 0 Å². The average molecular weight is 369 g/mol. The van der Waals surface area contributed by atoms with Crippen LogP contribution < -0.4 is 5.73 Å². The molecule has 0 bridgehead atoms. The molecular formula is C14H11BrClN3S. The molecule has 2 heterocycles. The predicted octanol–water partition coefficient (Wildman–Crippen LogP) is 4.81. The van der Waals surface area contributed by atoms with Crippen molar-refractivity contribution in [3.05, 3.63) is 45.2 Å². The first-order valence-corrected chi connectivity index (χ1v) is 7.95. The lowest BCUT2D eigenvalue weighted by atomic mass is 10.1. The summed E-state index contributed by atoms with van der Waals surface area (Å²) in [6.45, 7) is 0. The second-order valence-corrected chi connectivity index (χ2v) is 6.49. The van der Waals surface area contributed by atoms with Crippen LogP contribution in [0.15, 0.2) is 40.2 Å². The molecule has 0 atom stereocenters. The fraction of sp³-hybridized carbons (Fsp3) is 0.0714. The highest BCUT2D eigenvalue weighted by molar-refractivity contribution is 9.10. The lowest BCUT2D eigenvalue weighted by Crippen LogP contribution is -1.97. The highest BCUT2D eigenvalue weighted by atomic mass is 79.9. The van der Waals surface area contributed by atoms with Gasteiger partial charge in [0.05, 0.1) is 10.6 Å². The van der Waals surface area contributed by atoms with Gasteiger partial charge in [-0.05, 0) is 33.4 Å². The van der Waals surface area contributed by atoms with Crippen LogP contribution in [0.25, 0.3) is 21.7 Å². The van der Waals surface area contributed by atoms with Crippen LogP contribution in [0.1, 0.15) is 0 Å². The Labute approximate surface area is 134 Å². The molecule has 1 aromatic carbocycles. The Kier molecular flexibility index (Phi) is 3.58. The topological polar surface area (TPSA) is 43.8 Å². The van der Waals surface area contributed by atoms with E-state index in [0.29, 0.717) is 10.8 Å². The molecule has 3 rings (SSSR count). The van der Waals surface area contributed by atoms with Gasteiger partial charge in [-0.3, -0.25) is 4.68 Å². The van der Waals surface area contributed by atoms with E-state index in [-0.39, 0.29) is 0 Å². The maximum Gasteiger partial charge on any atom is 0.130 e. The molecule has 6 heteroatoms. The molecule has 0 saturated carbocycles. The molecule has 0 aliphatic heterocycles. The number of nitrogen functional groups attached to an aromatic ring is 1. The van der Waals surface area contributed by atoms with Gasteiger partial charge in [0.1, 0.15) is 11.5 Å². The van der Waals surface area contributed by atoms with Gasteiger partial charge in [0, 0.05) is 22.0 Å². The van der Waals surface area contributed by atoms with Crippen molar-refractivity contribution in [2.75, 3.05) is 5.73 Å². The summed E-state index contributed by atoms with van der Waals surface area (Å²) in [4.78, 5) is 1.08. The van der Waals surface area contributed by atoms with Crippen molar-refractivity contribution in [2.24, 2.45) is 7.05 Å². The summed E-state index contributed by atoms with van der Waals surface area (Å²) in [6, 6.07) is 9.83. The number of thiophene rings is 1. The molecular weight excluding hydrogens is 358 g/mol. The van der Waals surface area contributed by atoms with Crippen molar-refractivity contribution in [2.45, 2.75) is 0 Å². The Morgan fingerprint density at radius 2 is 2.10 bits per heavy atom. The number of hydrogen-bond acceptors (Lipinski definition) is 3. The van der Waals surface area contributed by atoms with E-state index in [1.807, 2.05) is 42.8 Å². The number of aromatic nitrogens is 2. The Morgan fingerprint density at radius 3 is 2.80 bits per heavy atom.